The average Bonchev–Trinajstić information content (AvgIpc) is 3.29. The highest BCUT2D eigenvalue weighted by Crippen LogP contribution is 2.23. The van der Waals surface area contributed by atoms with Gasteiger partial charge in [0.2, 0.25) is 27.1 Å². The van der Waals surface area contributed by atoms with Crippen molar-refractivity contribution in [3.63, 3.8) is 0 Å². The molecule has 1 amide bonds. The van der Waals surface area contributed by atoms with Crippen molar-refractivity contribution < 1.29 is 17.7 Å². The second-order valence-corrected chi connectivity index (χ2v) is 10.2. The van der Waals surface area contributed by atoms with Gasteiger partial charge in [-0.05, 0) is 13.0 Å². The predicted octanol–water partition coefficient (Wildman–Crippen LogP) is 2.36. The van der Waals surface area contributed by atoms with Crippen molar-refractivity contribution in [1.82, 2.24) is 25.1 Å². The van der Waals surface area contributed by atoms with Crippen molar-refractivity contribution >= 4 is 32.4 Å². The summed E-state index contributed by atoms with van der Waals surface area (Å²) in [4.78, 5) is 16.2. The molecular weight excluding hydrogens is 416 g/mol. The van der Waals surface area contributed by atoms with E-state index in [4.69, 9.17) is 4.52 Å². The van der Waals surface area contributed by atoms with Crippen molar-refractivity contribution in [2.45, 2.75) is 38.6 Å². The Bertz CT molecular complexity index is 1130. The molecule has 3 aromatic rings. The summed E-state index contributed by atoms with van der Waals surface area (Å²) in [7, 11) is -3.96. The van der Waals surface area contributed by atoms with Crippen LogP contribution in [0.1, 0.15) is 32.2 Å². The second kappa shape index (κ2) is 7.97. The van der Waals surface area contributed by atoms with Crippen LogP contribution in [0.3, 0.4) is 0 Å². The Morgan fingerprint density at radius 2 is 2.00 bits per heavy atom. The Morgan fingerprint density at radius 3 is 2.69 bits per heavy atom. The van der Waals surface area contributed by atoms with E-state index in [-0.39, 0.29) is 27.8 Å². The Labute approximate surface area is 171 Å². The number of nitrogens with one attached hydrogen (secondary N) is 2. The lowest BCUT2D eigenvalue weighted by Crippen LogP contribution is -2.27. The Kier molecular flexibility index (Phi) is 5.78. The minimum absolute atomic E-state index is 0.102. The summed E-state index contributed by atoms with van der Waals surface area (Å²) >= 11 is 0.752. The van der Waals surface area contributed by atoms with E-state index in [0.717, 1.165) is 22.5 Å². The van der Waals surface area contributed by atoms with Crippen LogP contribution in [0.25, 0.3) is 11.4 Å². The standard InChI is InChI=1S/C17H20N6O4S2/c1-10-6-5-7-11(8-10)13-19-12(27-23-13)9-18-29(25,26)16-22-21-15(28-16)20-14(24)17(2,3)4/h5-8,18H,9H2,1-4H3,(H,20,21,24). The second-order valence-electron chi connectivity index (χ2n) is 7.28. The van der Waals surface area contributed by atoms with E-state index in [0.29, 0.717) is 5.82 Å². The molecule has 1 aromatic carbocycles. The van der Waals surface area contributed by atoms with E-state index in [1.807, 2.05) is 31.2 Å². The number of benzene rings is 1. The lowest BCUT2D eigenvalue weighted by molar-refractivity contribution is -0.123. The molecular formula is C17H20N6O4S2. The van der Waals surface area contributed by atoms with E-state index in [1.54, 1.807) is 20.8 Å². The number of carbonyl (C=O) groups excluding carboxylic acids is 1. The number of aryl methyl sites for hydroxylation is 1. The molecule has 0 radical (unpaired) electrons. The molecule has 2 heterocycles. The van der Waals surface area contributed by atoms with Gasteiger partial charge in [0.05, 0.1) is 6.54 Å². The van der Waals surface area contributed by atoms with Gasteiger partial charge < -0.3 is 9.84 Å². The fourth-order valence-electron chi connectivity index (χ4n) is 2.10. The van der Waals surface area contributed by atoms with Gasteiger partial charge in [0.15, 0.2) is 0 Å². The molecule has 12 heteroatoms. The first-order valence-corrected chi connectivity index (χ1v) is 10.9. The van der Waals surface area contributed by atoms with Gasteiger partial charge in [0, 0.05) is 11.0 Å². The molecule has 3 rings (SSSR count). The first kappa shape index (κ1) is 21.0. The highest BCUT2D eigenvalue weighted by Gasteiger charge is 2.25. The van der Waals surface area contributed by atoms with Crippen LogP contribution in [0.15, 0.2) is 33.1 Å². The third-order valence-electron chi connectivity index (χ3n) is 3.70. The first-order valence-electron chi connectivity index (χ1n) is 8.59. The van der Waals surface area contributed by atoms with E-state index in [2.05, 4.69) is 30.4 Å². The zero-order valence-corrected chi connectivity index (χ0v) is 17.9. The molecule has 0 aliphatic carbocycles. The molecule has 0 fully saturated rings. The van der Waals surface area contributed by atoms with Gasteiger partial charge in [-0.1, -0.05) is 61.0 Å². The lowest BCUT2D eigenvalue weighted by atomic mass is 9.96. The number of hydrogen-bond donors (Lipinski definition) is 2. The summed E-state index contributed by atoms with van der Waals surface area (Å²) in [6.45, 7) is 6.94. The number of carbonyl (C=O) groups is 1. The van der Waals surface area contributed by atoms with Crippen LogP contribution in [0.4, 0.5) is 5.13 Å². The largest absolute Gasteiger partial charge is 0.338 e. The SMILES string of the molecule is Cc1cccc(-c2noc(CNS(=O)(=O)c3nnc(NC(=O)C(C)(C)C)s3)n2)c1. The van der Waals surface area contributed by atoms with Crippen molar-refractivity contribution in [3.05, 3.63) is 35.7 Å². The zero-order chi connectivity index (χ0) is 21.2. The van der Waals surface area contributed by atoms with Crippen LogP contribution in [0.5, 0.6) is 0 Å². The van der Waals surface area contributed by atoms with Gasteiger partial charge >= 0.3 is 0 Å². The van der Waals surface area contributed by atoms with Crippen molar-refractivity contribution in [2.24, 2.45) is 5.41 Å². The van der Waals surface area contributed by atoms with Crippen molar-refractivity contribution in [2.75, 3.05) is 5.32 Å². The van der Waals surface area contributed by atoms with Crippen molar-refractivity contribution in [3.8, 4) is 11.4 Å². The number of hydrogen-bond acceptors (Lipinski definition) is 9. The molecule has 0 saturated carbocycles. The summed E-state index contributed by atoms with van der Waals surface area (Å²) in [5.74, 6) is 0.182. The smallest absolute Gasteiger partial charge is 0.270 e. The molecule has 0 unspecified atom stereocenters. The number of rotatable bonds is 6. The van der Waals surface area contributed by atoms with Gasteiger partial charge in [-0.2, -0.15) is 9.71 Å². The molecule has 0 atom stereocenters. The Hall–Kier alpha value is -2.70. The lowest BCUT2D eigenvalue weighted by Gasteiger charge is -2.15. The minimum atomic E-state index is -3.96. The highest BCUT2D eigenvalue weighted by molar-refractivity contribution is 7.91. The quantitative estimate of drug-likeness (QED) is 0.561. The molecule has 0 saturated heterocycles. The number of sulfonamides is 1. The maximum absolute atomic E-state index is 12.4. The molecule has 2 aromatic heterocycles. The van der Waals surface area contributed by atoms with Gasteiger partial charge in [0.25, 0.3) is 10.0 Å². The fraction of sp³-hybridized carbons (Fsp3) is 0.353. The van der Waals surface area contributed by atoms with E-state index in [9.17, 15) is 13.2 Å². The number of amides is 1. The first-order chi connectivity index (χ1) is 13.5. The van der Waals surface area contributed by atoms with Crippen molar-refractivity contribution in [1.29, 1.82) is 0 Å². The maximum Gasteiger partial charge on any atom is 0.270 e. The maximum atomic E-state index is 12.4. The molecule has 10 nitrogen and oxygen atoms in total. The number of aromatic nitrogens is 4. The molecule has 0 aliphatic heterocycles. The molecule has 154 valence electrons. The third kappa shape index (κ3) is 5.22. The number of nitrogens with zero attached hydrogens (tertiary/aromatic N) is 4. The summed E-state index contributed by atoms with van der Waals surface area (Å²) in [6, 6.07) is 7.54. The summed E-state index contributed by atoms with van der Waals surface area (Å²) in [5.41, 5.74) is 1.17. The predicted molar refractivity (Wildman–Crippen MR) is 106 cm³/mol. The summed E-state index contributed by atoms with van der Waals surface area (Å²) in [6.07, 6.45) is 0. The van der Waals surface area contributed by atoms with E-state index < -0.39 is 15.4 Å². The third-order valence-corrected chi connectivity index (χ3v) is 6.30. The average molecular weight is 437 g/mol. The topological polar surface area (TPSA) is 140 Å². The molecule has 0 spiro atoms. The molecule has 0 bridgehead atoms. The van der Waals surface area contributed by atoms with Crippen LogP contribution in [0.2, 0.25) is 0 Å². The van der Waals surface area contributed by atoms with E-state index >= 15 is 0 Å². The van der Waals surface area contributed by atoms with Crippen LogP contribution in [-0.4, -0.2) is 34.7 Å². The molecule has 0 aliphatic rings. The monoisotopic (exact) mass is 436 g/mol. The van der Waals surface area contributed by atoms with Crippen LogP contribution in [-0.2, 0) is 21.4 Å². The van der Waals surface area contributed by atoms with Gasteiger partial charge in [-0.3, -0.25) is 4.79 Å². The van der Waals surface area contributed by atoms with Gasteiger partial charge in [-0.15, -0.1) is 10.2 Å². The highest BCUT2D eigenvalue weighted by atomic mass is 32.2. The number of anilines is 1. The summed E-state index contributed by atoms with van der Waals surface area (Å²) < 4.78 is 32.0. The fourth-order valence-corrected chi connectivity index (χ4v) is 4.01. The van der Waals surface area contributed by atoms with Crippen LogP contribution in [0, 0.1) is 12.3 Å². The normalized spacial score (nSPS) is 12.1. The molecule has 2 N–H and O–H groups in total. The van der Waals surface area contributed by atoms with Gasteiger partial charge in [0.1, 0.15) is 0 Å². The van der Waals surface area contributed by atoms with E-state index in [1.165, 1.54) is 0 Å². The van der Waals surface area contributed by atoms with Gasteiger partial charge in [-0.25, -0.2) is 8.42 Å². The Morgan fingerprint density at radius 1 is 1.24 bits per heavy atom. The zero-order valence-electron chi connectivity index (χ0n) is 16.3. The van der Waals surface area contributed by atoms with Crippen LogP contribution >= 0.6 is 11.3 Å². The summed E-state index contributed by atoms with van der Waals surface area (Å²) in [5, 5.41) is 13.9. The van der Waals surface area contributed by atoms with Crippen LogP contribution < -0.4 is 10.0 Å². The minimum Gasteiger partial charge on any atom is -0.338 e. The Balaban J connectivity index is 1.66. The molecule has 29 heavy (non-hydrogen) atoms.